The second-order valence-corrected chi connectivity index (χ2v) is 7.84. The van der Waals surface area contributed by atoms with Gasteiger partial charge in [0.15, 0.2) is 0 Å². The predicted octanol–water partition coefficient (Wildman–Crippen LogP) is 2.60. The zero-order valence-corrected chi connectivity index (χ0v) is 16.0. The van der Waals surface area contributed by atoms with Crippen molar-refractivity contribution in [2.75, 3.05) is 4.90 Å². The highest BCUT2D eigenvalue weighted by Crippen LogP contribution is 2.50. The summed E-state index contributed by atoms with van der Waals surface area (Å²) in [5, 5.41) is 13.0. The molecule has 0 bridgehead atoms. The van der Waals surface area contributed by atoms with Crippen LogP contribution in [0.3, 0.4) is 0 Å². The predicted molar refractivity (Wildman–Crippen MR) is 104 cm³/mol. The second-order valence-electron chi connectivity index (χ2n) is 7.84. The first-order valence-electron chi connectivity index (χ1n) is 9.27. The number of hydrogen-bond acceptors (Lipinski definition) is 4. The van der Waals surface area contributed by atoms with Crippen molar-refractivity contribution >= 4 is 23.5 Å². The lowest BCUT2D eigenvalue weighted by Gasteiger charge is -2.27. The minimum atomic E-state index is -1.53. The third-order valence-electron chi connectivity index (χ3n) is 6.02. The number of carbonyl (C=O) groups is 3. The number of anilines is 1. The number of rotatable bonds is 3. The average Bonchev–Trinajstić information content (AvgIpc) is 3.12. The summed E-state index contributed by atoms with van der Waals surface area (Å²) in [5.41, 5.74) is 1.77. The molecular formula is C22H22N2O4. The van der Waals surface area contributed by atoms with E-state index in [0.717, 1.165) is 21.6 Å². The lowest BCUT2D eigenvalue weighted by atomic mass is 9.80. The van der Waals surface area contributed by atoms with Crippen molar-refractivity contribution in [3.05, 3.63) is 65.2 Å². The Morgan fingerprint density at radius 3 is 2.39 bits per heavy atom. The van der Waals surface area contributed by atoms with Gasteiger partial charge in [-0.25, -0.2) is 4.90 Å². The molecule has 2 aliphatic rings. The third-order valence-corrected chi connectivity index (χ3v) is 6.02. The SMILES string of the molecule is Cc1ccc(C)c(C2NC(C)(C(=O)O)C3C(=O)N(c4ccccc4)C(=O)C23)c1. The molecule has 0 radical (unpaired) electrons. The van der Waals surface area contributed by atoms with Crippen LogP contribution in [-0.4, -0.2) is 28.4 Å². The molecule has 0 aliphatic carbocycles. The molecule has 6 nitrogen and oxygen atoms in total. The van der Waals surface area contributed by atoms with E-state index in [4.69, 9.17) is 0 Å². The number of carboxylic acids is 1. The smallest absolute Gasteiger partial charge is 0.324 e. The number of nitrogens with zero attached hydrogens (tertiary/aromatic N) is 1. The number of nitrogens with one attached hydrogen (secondary N) is 1. The molecule has 2 aromatic rings. The number of benzene rings is 2. The zero-order chi connectivity index (χ0) is 20.2. The summed E-state index contributed by atoms with van der Waals surface area (Å²) in [6.45, 7) is 5.37. The van der Waals surface area contributed by atoms with E-state index < -0.39 is 35.3 Å². The van der Waals surface area contributed by atoms with Crippen LogP contribution in [0, 0.1) is 25.7 Å². The van der Waals surface area contributed by atoms with Crippen molar-refractivity contribution in [1.29, 1.82) is 0 Å². The van der Waals surface area contributed by atoms with Gasteiger partial charge in [0.1, 0.15) is 5.54 Å². The van der Waals surface area contributed by atoms with Gasteiger partial charge in [-0.15, -0.1) is 0 Å². The van der Waals surface area contributed by atoms with Gasteiger partial charge in [0.2, 0.25) is 11.8 Å². The van der Waals surface area contributed by atoms with Gasteiger partial charge in [-0.1, -0.05) is 42.0 Å². The Kier molecular flexibility index (Phi) is 4.12. The zero-order valence-electron chi connectivity index (χ0n) is 16.0. The minimum absolute atomic E-state index is 0.357. The maximum absolute atomic E-state index is 13.4. The molecule has 2 aliphatic heterocycles. The fraction of sp³-hybridized carbons (Fsp3) is 0.318. The van der Waals surface area contributed by atoms with Crippen LogP contribution in [0.2, 0.25) is 0 Å². The second kappa shape index (κ2) is 6.27. The number of para-hydroxylation sites is 1. The molecule has 6 heteroatoms. The molecule has 2 amide bonds. The summed E-state index contributed by atoms with van der Waals surface area (Å²) in [7, 11) is 0. The van der Waals surface area contributed by atoms with Crippen LogP contribution in [0.4, 0.5) is 5.69 Å². The standard InChI is InChI=1S/C22H22N2O4/c1-12-9-10-13(2)15(11-12)18-16-17(22(3,23-18)21(27)28)20(26)24(19(16)25)14-7-5-4-6-8-14/h4-11,16-18,23H,1-3H3,(H,27,28). The molecule has 2 fully saturated rings. The van der Waals surface area contributed by atoms with Gasteiger partial charge < -0.3 is 5.11 Å². The van der Waals surface area contributed by atoms with E-state index in [2.05, 4.69) is 5.32 Å². The molecule has 0 saturated carbocycles. The molecule has 4 unspecified atom stereocenters. The Labute approximate surface area is 163 Å². The van der Waals surface area contributed by atoms with Gasteiger partial charge in [-0.3, -0.25) is 19.7 Å². The van der Waals surface area contributed by atoms with Crippen molar-refractivity contribution in [2.45, 2.75) is 32.4 Å². The molecule has 2 heterocycles. The van der Waals surface area contributed by atoms with E-state index in [1.165, 1.54) is 6.92 Å². The van der Waals surface area contributed by atoms with Gasteiger partial charge in [0.25, 0.3) is 0 Å². The maximum atomic E-state index is 13.4. The number of aliphatic carboxylic acids is 1. The number of carboxylic acid groups (broad SMARTS) is 1. The lowest BCUT2D eigenvalue weighted by molar-refractivity contribution is -0.147. The molecule has 0 spiro atoms. The molecular weight excluding hydrogens is 356 g/mol. The van der Waals surface area contributed by atoms with Crippen molar-refractivity contribution < 1.29 is 19.5 Å². The molecule has 28 heavy (non-hydrogen) atoms. The first kappa shape index (κ1) is 18.4. The number of fused-ring (bicyclic) bond motifs is 1. The van der Waals surface area contributed by atoms with E-state index in [1.807, 2.05) is 32.0 Å². The maximum Gasteiger partial charge on any atom is 0.324 e. The minimum Gasteiger partial charge on any atom is -0.480 e. The third kappa shape index (κ3) is 2.48. The first-order chi connectivity index (χ1) is 13.3. The van der Waals surface area contributed by atoms with Gasteiger partial charge in [0, 0.05) is 6.04 Å². The molecule has 144 valence electrons. The monoisotopic (exact) mass is 378 g/mol. The van der Waals surface area contributed by atoms with Crippen LogP contribution >= 0.6 is 0 Å². The van der Waals surface area contributed by atoms with Crippen LogP contribution in [0.15, 0.2) is 48.5 Å². The fourth-order valence-electron chi connectivity index (χ4n) is 4.53. The molecule has 2 aromatic carbocycles. The number of aryl methyl sites for hydroxylation is 2. The van der Waals surface area contributed by atoms with Crippen molar-refractivity contribution in [3.8, 4) is 0 Å². The van der Waals surface area contributed by atoms with Crippen LogP contribution in [-0.2, 0) is 14.4 Å². The summed E-state index contributed by atoms with van der Waals surface area (Å²) in [6, 6.07) is 14.0. The molecule has 2 N–H and O–H groups in total. The number of hydrogen-bond donors (Lipinski definition) is 2. The van der Waals surface area contributed by atoms with Gasteiger partial charge in [0.05, 0.1) is 17.5 Å². The molecule has 4 atom stereocenters. The van der Waals surface area contributed by atoms with Gasteiger partial charge in [-0.2, -0.15) is 0 Å². The highest BCUT2D eigenvalue weighted by atomic mass is 16.4. The normalized spacial score (nSPS) is 29.2. The Morgan fingerprint density at radius 1 is 1.07 bits per heavy atom. The Bertz CT molecular complexity index is 987. The Balaban J connectivity index is 1.86. The first-order valence-corrected chi connectivity index (χ1v) is 9.27. The van der Waals surface area contributed by atoms with E-state index >= 15 is 0 Å². The number of amides is 2. The Morgan fingerprint density at radius 2 is 1.75 bits per heavy atom. The summed E-state index contributed by atoms with van der Waals surface area (Å²) in [5.74, 6) is -3.70. The molecule has 2 saturated heterocycles. The average molecular weight is 378 g/mol. The number of imide groups is 1. The summed E-state index contributed by atoms with van der Waals surface area (Å²) < 4.78 is 0. The highest BCUT2D eigenvalue weighted by molar-refractivity contribution is 6.24. The van der Waals surface area contributed by atoms with Crippen molar-refractivity contribution in [2.24, 2.45) is 11.8 Å². The highest BCUT2D eigenvalue weighted by Gasteiger charge is 2.67. The van der Waals surface area contributed by atoms with Gasteiger partial charge >= 0.3 is 5.97 Å². The van der Waals surface area contributed by atoms with E-state index in [1.54, 1.807) is 30.3 Å². The molecule has 0 aromatic heterocycles. The van der Waals surface area contributed by atoms with Crippen molar-refractivity contribution in [1.82, 2.24) is 5.32 Å². The molecule has 4 rings (SSSR count). The van der Waals surface area contributed by atoms with Crippen LogP contribution in [0.25, 0.3) is 0 Å². The number of carbonyl (C=O) groups excluding carboxylic acids is 2. The summed E-state index contributed by atoms with van der Waals surface area (Å²) in [6.07, 6.45) is 0. The topological polar surface area (TPSA) is 86.7 Å². The summed E-state index contributed by atoms with van der Waals surface area (Å²) in [4.78, 5) is 39.9. The Hall–Kier alpha value is -2.99. The fourth-order valence-corrected chi connectivity index (χ4v) is 4.53. The van der Waals surface area contributed by atoms with Crippen LogP contribution < -0.4 is 10.2 Å². The van der Waals surface area contributed by atoms with Gasteiger partial charge in [-0.05, 0) is 44.0 Å². The van der Waals surface area contributed by atoms with E-state index in [-0.39, 0.29) is 5.91 Å². The van der Waals surface area contributed by atoms with Crippen LogP contribution in [0.5, 0.6) is 0 Å². The summed E-state index contributed by atoms with van der Waals surface area (Å²) >= 11 is 0. The van der Waals surface area contributed by atoms with Crippen molar-refractivity contribution in [3.63, 3.8) is 0 Å². The lowest BCUT2D eigenvalue weighted by Crippen LogP contribution is -2.53. The largest absolute Gasteiger partial charge is 0.480 e. The van der Waals surface area contributed by atoms with E-state index in [0.29, 0.717) is 5.69 Å². The quantitative estimate of drug-likeness (QED) is 0.802. The van der Waals surface area contributed by atoms with Crippen LogP contribution in [0.1, 0.15) is 29.7 Å². The van der Waals surface area contributed by atoms with E-state index in [9.17, 15) is 19.5 Å².